The summed E-state index contributed by atoms with van der Waals surface area (Å²) in [4.78, 5) is 9.87. The van der Waals surface area contributed by atoms with Crippen LogP contribution < -0.4 is 0 Å². The highest BCUT2D eigenvalue weighted by molar-refractivity contribution is 8.32. The highest BCUT2D eigenvalue weighted by Gasteiger charge is 2.13. The summed E-state index contributed by atoms with van der Waals surface area (Å²) in [5.74, 6) is -0.509. The number of hydrogen-bond donors (Lipinski definition) is 1. The molecule has 7 heteroatoms. The number of oxime groups is 1. The lowest BCUT2D eigenvalue weighted by molar-refractivity contribution is 0.134. The van der Waals surface area contributed by atoms with Crippen LogP contribution in [0.3, 0.4) is 0 Å². The number of allylic oxidation sites excluding steroid dienone is 2. The molecule has 0 radical (unpaired) electrons. The van der Waals surface area contributed by atoms with Gasteiger partial charge >= 0.3 is 6.08 Å². The molecule has 3 nitrogen and oxygen atoms in total. The molecule has 1 unspecified atom stereocenters. The maximum atomic E-state index is 12.8. The highest BCUT2D eigenvalue weighted by Crippen LogP contribution is 2.37. The van der Waals surface area contributed by atoms with Gasteiger partial charge in [0.15, 0.2) is 5.83 Å². The van der Waals surface area contributed by atoms with Crippen LogP contribution in [0.15, 0.2) is 33.2 Å². The van der Waals surface area contributed by atoms with Crippen molar-refractivity contribution in [2.24, 2.45) is 16.1 Å². The molecule has 1 aliphatic heterocycles. The van der Waals surface area contributed by atoms with E-state index in [0.717, 1.165) is 11.3 Å². The predicted molar refractivity (Wildman–Crippen MR) is 79.3 cm³/mol. The first-order chi connectivity index (χ1) is 9.50. The molecule has 1 heterocycles. The number of nitrogens with zero attached hydrogens (tertiary/aromatic N) is 2. The number of thiol groups is 1. The first kappa shape index (κ1) is 16.8. The van der Waals surface area contributed by atoms with Crippen LogP contribution in [0, 0.1) is 5.92 Å². The Morgan fingerprint density at radius 2 is 2.20 bits per heavy atom. The van der Waals surface area contributed by atoms with Crippen LogP contribution in [0.5, 0.6) is 0 Å². The molecule has 0 N–H and O–H groups in total. The van der Waals surface area contributed by atoms with E-state index in [-0.39, 0.29) is 6.42 Å². The molecule has 0 aromatic carbocycles. The van der Waals surface area contributed by atoms with Crippen molar-refractivity contribution in [3.8, 4) is 0 Å². The van der Waals surface area contributed by atoms with Crippen LogP contribution in [-0.4, -0.2) is 24.1 Å². The SMILES string of the molecule is CC(C)CCO/N=C\C1=CN=C[SH]1CCC(F)=C(F)F. The Bertz CT molecular complexity index is 429. The lowest BCUT2D eigenvalue weighted by Gasteiger charge is -2.12. The van der Waals surface area contributed by atoms with Gasteiger partial charge in [0.25, 0.3) is 0 Å². The van der Waals surface area contributed by atoms with Crippen molar-refractivity contribution in [1.29, 1.82) is 0 Å². The number of hydrogen-bond acceptors (Lipinski definition) is 3. The van der Waals surface area contributed by atoms with Gasteiger partial charge in [-0.1, -0.05) is 19.0 Å². The Morgan fingerprint density at radius 1 is 1.45 bits per heavy atom. The molecular formula is C13H19F3N2OS. The summed E-state index contributed by atoms with van der Waals surface area (Å²) in [5.41, 5.74) is 1.66. The summed E-state index contributed by atoms with van der Waals surface area (Å²) < 4.78 is 36.7. The number of rotatable bonds is 8. The molecule has 0 fully saturated rings. The highest BCUT2D eigenvalue weighted by atomic mass is 32.2. The van der Waals surface area contributed by atoms with Gasteiger partial charge in [-0.05, 0) is 18.1 Å². The van der Waals surface area contributed by atoms with Gasteiger partial charge in [0.2, 0.25) is 0 Å². The minimum atomic E-state index is -2.24. The summed E-state index contributed by atoms with van der Waals surface area (Å²) in [6, 6.07) is 0. The van der Waals surface area contributed by atoms with Gasteiger partial charge < -0.3 is 4.84 Å². The number of aliphatic imine (C=N–C) groups is 1. The van der Waals surface area contributed by atoms with Crippen LogP contribution in [-0.2, 0) is 4.84 Å². The predicted octanol–water partition coefficient (Wildman–Crippen LogP) is 4.39. The van der Waals surface area contributed by atoms with Crippen molar-refractivity contribution in [3.05, 3.63) is 23.0 Å². The molecule has 1 atom stereocenters. The van der Waals surface area contributed by atoms with Crippen molar-refractivity contribution in [1.82, 2.24) is 0 Å². The van der Waals surface area contributed by atoms with E-state index in [4.69, 9.17) is 4.84 Å². The fraction of sp³-hybridized carbons (Fsp3) is 0.538. The Morgan fingerprint density at radius 3 is 2.85 bits per heavy atom. The van der Waals surface area contributed by atoms with Crippen LogP contribution in [0.2, 0.25) is 0 Å². The van der Waals surface area contributed by atoms with Gasteiger partial charge in [-0.15, -0.1) is 0 Å². The first-order valence-corrected chi connectivity index (χ1v) is 7.95. The Kier molecular flexibility index (Phi) is 7.43. The summed E-state index contributed by atoms with van der Waals surface area (Å²) in [6.45, 7) is 4.71. The second-order valence-electron chi connectivity index (χ2n) is 4.68. The standard InChI is InChI=1S/C13H19F3N2OS/c1-10(2)3-5-19-18-8-11-7-17-9-20(11)6-4-12(14)13(15)16/h7-10,20H,3-6H2,1-2H3/b18-8-. The normalized spacial score (nSPS) is 19.7. The molecular weight excluding hydrogens is 289 g/mol. The van der Waals surface area contributed by atoms with E-state index < -0.39 is 22.8 Å². The molecule has 1 aliphatic rings. The van der Waals surface area contributed by atoms with Crippen LogP contribution in [0.4, 0.5) is 13.2 Å². The lowest BCUT2D eigenvalue weighted by Crippen LogP contribution is -1.97. The van der Waals surface area contributed by atoms with Crippen LogP contribution >= 0.6 is 10.9 Å². The largest absolute Gasteiger partial charge is 0.396 e. The minimum absolute atomic E-state index is 0.278. The van der Waals surface area contributed by atoms with E-state index >= 15 is 0 Å². The summed E-state index contributed by atoms with van der Waals surface area (Å²) in [6.07, 6.45) is 1.53. The van der Waals surface area contributed by atoms with Crippen molar-refractivity contribution < 1.29 is 18.0 Å². The molecule has 1 rings (SSSR count). The molecule has 0 bridgehead atoms. The molecule has 0 saturated carbocycles. The third-order valence-corrected chi connectivity index (χ3v) is 4.58. The van der Waals surface area contributed by atoms with Crippen molar-refractivity contribution in [2.75, 3.05) is 12.4 Å². The maximum absolute atomic E-state index is 12.8. The Balaban J connectivity index is 2.35. The zero-order chi connectivity index (χ0) is 15.0. The van der Waals surface area contributed by atoms with E-state index in [1.54, 1.807) is 11.7 Å². The van der Waals surface area contributed by atoms with E-state index in [1.165, 1.54) is 6.21 Å². The number of halogens is 3. The average Bonchev–Trinajstić information content (AvgIpc) is 2.82. The second-order valence-corrected chi connectivity index (χ2v) is 6.81. The van der Waals surface area contributed by atoms with Crippen LogP contribution in [0.25, 0.3) is 0 Å². The maximum Gasteiger partial charge on any atom is 0.301 e. The minimum Gasteiger partial charge on any atom is -0.396 e. The average molecular weight is 308 g/mol. The fourth-order valence-corrected chi connectivity index (χ4v) is 2.95. The fourth-order valence-electron chi connectivity index (χ4n) is 1.37. The molecule has 0 saturated heterocycles. The third-order valence-electron chi connectivity index (χ3n) is 2.57. The van der Waals surface area contributed by atoms with Gasteiger partial charge in [-0.3, -0.25) is 4.99 Å². The van der Waals surface area contributed by atoms with Crippen molar-refractivity contribution in [3.63, 3.8) is 0 Å². The molecule has 0 aromatic heterocycles. The van der Waals surface area contributed by atoms with Gasteiger partial charge in [-0.2, -0.15) is 19.7 Å². The van der Waals surface area contributed by atoms with E-state index in [9.17, 15) is 13.2 Å². The summed E-state index contributed by atoms with van der Waals surface area (Å²) in [5, 5.41) is 3.83. The molecule has 0 aliphatic carbocycles. The second kappa shape index (κ2) is 8.84. The van der Waals surface area contributed by atoms with E-state index in [1.807, 2.05) is 0 Å². The zero-order valence-corrected chi connectivity index (χ0v) is 12.4. The third kappa shape index (κ3) is 6.27. The smallest absolute Gasteiger partial charge is 0.301 e. The zero-order valence-electron chi connectivity index (χ0n) is 11.5. The Hall–Kier alpha value is -1.24. The van der Waals surface area contributed by atoms with Gasteiger partial charge in [0.05, 0.1) is 6.21 Å². The molecule has 20 heavy (non-hydrogen) atoms. The van der Waals surface area contributed by atoms with Crippen LogP contribution in [0.1, 0.15) is 26.7 Å². The van der Waals surface area contributed by atoms with E-state index in [0.29, 0.717) is 18.3 Å². The molecule has 0 spiro atoms. The topological polar surface area (TPSA) is 34.0 Å². The monoisotopic (exact) mass is 308 g/mol. The van der Waals surface area contributed by atoms with E-state index in [2.05, 4.69) is 24.0 Å². The molecule has 114 valence electrons. The summed E-state index contributed by atoms with van der Waals surface area (Å²) >= 11 is 0. The van der Waals surface area contributed by atoms with Gasteiger partial charge in [0, 0.05) is 23.1 Å². The molecule has 0 amide bonds. The van der Waals surface area contributed by atoms with Crippen molar-refractivity contribution in [2.45, 2.75) is 26.7 Å². The summed E-state index contributed by atoms with van der Waals surface area (Å²) in [7, 11) is -0.867. The van der Waals surface area contributed by atoms with Crippen molar-refractivity contribution >= 4 is 22.7 Å². The first-order valence-electron chi connectivity index (χ1n) is 6.35. The molecule has 0 aromatic rings. The lowest BCUT2D eigenvalue weighted by atomic mass is 10.1. The van der Waals surface area contributed by atoms with Gasteiger partial charge in [0.1, 0.15) is 6.61 Å². The Labute approximate surface area is 119 Å². The van der Waals surface area contributed by atoms with Gasteiger partial charge in [-0.25, -0.2) is 4.39 Å². The quantitative estimate of drug-likeness (QED) is 0.307.